The van der Waals surface area contributed by atoms with Gasteiger partial charge in [0.25, 0.3) is 0 Å². The van der Waals surface area contributed by atoms with Crippen molar-refractivity contribution < 1.29 is 26.4 Å². The summed E-state index contributed by atoms with van der Waals surface area (Å²) in [5.74, 6) is -1.38. The van der Waals surface area contributed by atoms with E-state index < -0.39 is 45.5 Å². The number of nitrogens with one attached hydrogen (secondary N) is 1. The van der Waals surface area contributed by atoms with Gasteiger partial charge in [0, 0.05) is 25.1 Å². The molecule has 0 aromatic carbocycles. The molecule has 0 fully saturated rings. The van der Waals surface area contributed by atoms with Gasteiger partial charge in [-0.1, -0.05) is 6.58 Å². The van der Waals surface area contributed by atoms with E-state index in [9.17, 15) is 26.4 Å². The van der Waals surface area contributed by atoms with Crippen molar-refractivity contribution in [3.63, 3.8) is 0 Å². The zero-order valence-electron chi connectivity index (χ0n) is 10.4. The first-order valence-corrected chi connectivity index (χ1v) is 7.02. The Kier molecular flexibility index (Phi) is 4.58. The highest BCUT2D eigenvalue weighted by Gasteiger charge is 2.37. The van der Waals surface area contributed by atoms with E-state index in [0.29, 0.717) is 5.41 Å². The molecule has 0 radical (unpaired) electrons. The van der Waals surface area contributed by atoms with Gasteiger partial charge in [-0.2, -0.15) is 18.3 Å². The molecule has 1 aromatic rings. The first-order valence-electron chi connectivity index (χ1n) is 5.31. The van der Waals surface area contributed by atoms with Crippen molar-refractivity contribution >= 4 is 21.4 Å². The Hall–Kier alpha value is -1.84. The Morgan fingerprint density at radius 3 is 2.65 bits per heavy atom. The van der Waals surface area contributed by atoms with Gasteiger partial charge in [0.1, 0.15) is 0 Å². The predicted octanol–water partition coefficient (Wildman–Crippen LogP) is 1.33. The van der Waals surface area contributed by atoms with E-state index in [2.05, 4.69) is 11.7 Å². The lowest BCUT2D eigenvalue weighted by atomic mass is 10.3. The van der Waals surface area contributed by atoms with E-state index in [1.54, 1.807) is 0 Å². The molecule has 0 atom stereocenters. The van der Waals surface area contributed by atoms with E-state index in [0.717, 1.165) is 10.9 Å². The summed E-state index contributed by atoms with van der Waals surface area (Å²) in [5.41, 5.74) is -1.75. The maximum absolute atomic E-state index is 12.6. The molecule has 0 aliphatic heterocycles. The lowest BCUT2D eigenvalue weighted by molar-refractivity contribution is -0.140. The maximum atomic E-state index is 12.6. The van der Waals surface area contributed by atoms with Gasteiger partial charge in [-0.3, -0.25) is 9.48 Å². The fraction of sp³-hybridized carbons (Fsp3) is 0.400. The minimum absolute atomic E-state index is 0.472. The first kappa shape index (κ1) is 16.2. The highest BCUT2D eigenvalue weighted by Crippen LogP contribution is 2.33. The highest BCUT2D eigenvalue weighted by atomic mass is 32.2. The van der Waals surface area contributed by atoms with Crippen LogP contribution in [0.3, 0.4) is 0 Å². The number of sulfone groups is 1. The molecule has 1 heterocycles. The molecule has 1 aromatic heterocycles. The summed E-state index contributed by atoms with van der Waals surface area (Å²) >= 11 is 0. The van der Waals surface area contributed by atoms with Gasteiger partial charge in [-0.05, 0) is 0 Å². The molecule has 112 valence electrons. The molecular formula is C10H12F3N3O3S. The van der Waals surface area contributed by atoms with Crippen LogP contribution in [0, 0.1) is 0 Å². The van der Waals surface area contributed by atoms with Crippen LogP contribution in [-0.2, 0) is 27.9 Å². The van der Waals surface area contributed by atoms with Gasteiger partial charge >= 0.3 is 6.18 Å². The summed E-state index contributed by atoms with van der Waals surface area (Å²) in [7, 11) is -2.31. The van der Waals surface area contributed by atoms with E-state index in [1.165, 1.54) is 7.05 Å². The van der Waals surface area contributed by atoms with Crippen molar-refractivity contribution in [2.75, 3.05) is 11.1 Å². The number of hydrogen-bond donors (Lipinski definition) is 1. The summed E-state index contributed by atoms with van der Waals surface area (Å²) in [5, 5.41) is 5.88. The van der Waals surface area contributed by atoms with Gasteiger partial charge in [0.2, 0.25) is 5.91 Å². The standard InChI is InChI=1S/C10H12F3N3O3S/c1-3-20(18,19)5-4-8(17)14-7-6-16(2)15-9(7)10(11,12)13/h3,6H,1,4-5H2,2H3,(H,14,17). The molecule has 0 aliphatic rings. The fourth-order valence-electron chi connectivity index (χ4n) is 1.32. The molecule has 6 nitrogen and oxygen atoms in total. The van der Waals surface area contributed by atoms with E-state index >= 15 is 0 Å². The number of aryl methyl sites for hydroxylation is 1. The number of rotatable bonds is 5. The number of hydrogen-bond acceptors (Lipinski definition) is 4. The van der Waals surface area contributed by atoms with Crippen molar-refractivity contribution in [1.82, 2.24) is 9.78 Å². The number of aromatic nitrogens is 2. The number of nitrogens with zero attached hydrogens (tertiary/aromatic N) is 2. The lowest BCUT2D eigenvalue weighted by Crippen LogP contribution is -2.18. The van der Waals surface area contributed by atoms with Crippen molar-refractivity contribution in [3.05, 3.63) is 23.9 Å². The Labute approximate surface area is 113 Å². The van der Waals surface area contributed by atoms with Crippen LogP contribution in [0.15, 0.2) is 18.2 Å². The van der Waals surface area contributed by atoms with Crippen molar-refractivity contribution in [2.45, 2.75) is 12.6 Å². The molecule has 1 N–H and O–H groups in total. The number of anilines is 1. The summed E-state index contributed by atoms with van der Waals surface area (Å²) < 4.78 is 60.9. The number of halogens is 3. The Morgan fingerprint density at radius 2 is 2.15 bits per heavy atom. The minimum atomic E-state index is -4.71. The van der Waals surface area contributed by atoms with Crippen LogP contribution >= 0.6 is 0 Å². The summed E-state index contributed by atoms with van der Waals surface area (Å²) in [6.07, 6.45) is -4.19. The first-order chi connectivity index (χ1) is 9.05. The molecule has 0 aliphatic carbocycles. The molecule has 0 saturated heterocycles. The molecule has 0 bridgehead atoms. The van der Waals surface area contributed by atoms with E-state index in [1.807, 2.05) is 5.32 Å². The smallest absolute Gasteiger partial charge is 0.323 e. The average molecular weight is 311 g/mol. The monoisotopic (exact) mass is 311 g/mol. The molecule has 20 heavy (non-hydrogen) atoms. The average Bonchev–Trinajstić information content (AvgIpc) is 2.68. The lowest BCUT2D eigenvalue weighted by Gasteiger charge is -2.07. The van der Waals surface area contributed by atoms with Crippen LogP contribution in [0.2, 0.25) is 0 Å². The molecule has 0 unspecified atom stereocenters. The van der Waals surface area contributed by atoms with E-state index in [4.69, 9.17) is 0 Å². The van der Waals surface area contributed by atoms with Crippen LogP contribution in [0.1, 0.15) is 12.1 Å². The fourth-order valence-corrected chi connectivity index (χ4v) is 1.96. The second-order valence-corrected chi connectivity index (χ2v) is 5.96. The summed E-state index contributed by atoms with van der Waals surface area (Å²) in [4.78, 5) is 11.4. The van der Waals surface area contributed by atoms with Crippen molar-refractivity contribution in [1.29, 1.82) is 0 Å². The third kappa shape index (κ3) is 4.37. The number of carbonyl (C=O) groups is 1. The maximum Gasteiger partial charge on any atom is 0.437 e. The van der Waals surface area contributed by atoms with Gasteiger partial charge in [0.15, 0.2) is 15.5 Å². The minimum Gasteiger partial charge on any atom is -0.323 e. The summed E-state index contributed by atoms with van der Waals surface area (Å²) in [6.45, 7) is 3.06. The third-order valence-corrected chi connectivity index (χ3v) is 3.52. The van der Waals surface area contributed by atoms with Crippen molar-refractivity contribution in [2.24, 2.45) is 7.05 Å². The highest BCUT2D eigenvalue weighted by molar-refractivity contribution is 7.94. The second kappa shape index (κ2) is 5.65. The third-order valence-electron chi connectivity index (χ3n) is 2.24. The SMILES string of the molecule is C=CS(=O)(=O)CCC(=O)Nc1cn(C)nc1C(F)(F)F. The summed E-state index contributed by atoms with van der Waals surface area (Å²) in [6, 6.07) is 0. The van der Waals surface area contributed by atoms with Gasteiger partial charge in [-0.15, -0.1) is 0 Å². The molecule has 10 heteroatoms. The Bertz CT molecular complexity index is 619. The van der Waals surface area contributed by atoms with Crippen LogP contribution in [0.4, 0.5) is 18.9 Å². The van der Waals surface area contributed by atoms with Crippen LogP contribution < -0.4 is 5.32 Å². The van der Waals surface area contributed by atoms with Gasteiger partial charge < -0.3 is 5.32 Å². The van der Waals surface area contributed by atoms with Crippen LogP contribution in [0.25, 0.3) is 0 Å². The number of amides is 1. The van der Waals surface area contributed by atoms with E-state index in [-0.39, 0.29) is 0 Å². The molecule has 0 saturated carbocycles. The molecular weight excluding hydrogens is 299 g/mol. The zero-order valence-corrected chi connectivity index (χ0v) is 11.3. The van der Waals surface area contributed by atoms with Crippen LogP contribution in [-0.4, -0.2) is 29.9 Å². The zero-order chi connectivity index (χ0) is 15.6. The Balaban J connectivity index is 2.79. The topological polar surface area (TPSA) is 81.1 Å². The Morgan fingerprint density at radius 1 is 1.55 bits per heavy atom. The molecule has 1 rings (SSSR count). The molecule has 1 amide bonds. The molecule has 0 spiro atoms. The number of carbonyl (C=O) groups excluding carboxylic acids is 1. The largest absolute Gasteiger partial charge is 0.437 e. The normalized spacial score (nSPS) is 12.2. The van der Waals surface area contributed by atoms with Crippen molar-refractivity contribution in [3.8, 4) is 0 Å². The number of alkyl halides is 3. The quantitative estimate of drug-likeness (QED) is 0.889. The second-order valence-electron chi connectivity index (χ2n) is 3.89. The van der Waals surface area contributed by atoms with Crippen LogP contribution in [0.5, 0.6) is 0 Å². The predicted molar refractivity (Wildman–Crippen MR) is 65.4 cm³/mol. The van der Waals surface area contributed by atoms with Gasteiger partial charge in [-0.25, -0.2) is 8.42 Å². The van der Waals surface area contributed by atoms with Gasteiger partial charge in [0.05, 0.1) is 11.4 Å².